The summed E-state index contributed by atoms with van der Waals surface area (Å²) in [5.74, 6) is 0.738. The van der Waals surface area contributed by atoms with Crippen LogP contribution in [0.15, 0.2) is 5.16 Å². The minimum Gasteiger partial charge on any atom is -0.409 e. The van der Waals surface area contributed by atoms with E-state index in [4.69, 9.17) is 10.9 Å². The lowest BCUT2D eigenvalue weighted by Gasteiger charge is -2.15. The molecular formula is C11H23N3O2. The predicted molar refractivity (Wildman–Crippen MR) is 64.3 cm³/mol. The molecule has 0 radical (unpaired) electrons. The van der Waals surface area contributed by atoms with E-state index in [1.807, 2.05) is 20.8 Å². The van der Waals surface area contributed by atoms with Crippen LogP contribution in [-0.4, -0.2) is 23.5 Å². The van der Waals surface area contributed by atoms with Gasteiger partial charge in [-0.15, -0.1) is 0 Å². The maximum Gasteiger partial charge on any atom is 0.223 e. The van der Waals surface area contributed by atoms with Crippen LogP contribution in [0, 0.1) is 11.8 Å². The van der Waals surface area contributed by atoms with Crippen LogP contribution in [0.4, 0.5) is 0 Å². The Bertz CT molecular complexity index is 239. The molecule has 4 N–H and O–H groups in total. The second-order valence-electron chi connectivity index (χ2n) is 4.37. The molecule has 0 bridgehead atoms. The van der Waals surface area contributed by atoms with Crippen molar-refractivity contribution in [1.29, 1.82) is 0 Å². The standard InChI is InChI=1S/C11H23N3O2/c1-8(2)9(3)11(15)13-7-5-4-6-10(12)14-16/h8-9,16H,4-7H2,1-3H3,(H2,12,14)(H,13,15). The minimum atomic E-state index is 0.0454. The van der Waals surface area contributed by atoms with E-state index in [0.29, 0.717) is 18.9 Å². The Balaban J connectivity index is 3.56. The van der Waals surface area contributed by atoms with Gasteiger partial charge in [0.2, 0.25) is 5.91 Å². The molecule has 0 spiro atoms. The van der Waals surface area contributed by atoms with E-state index in [-0.39, 0.29) is 17.7 Å². The molecule has 0 aliphatic carbocycles. The number of nitrogens with two attached hydrogens (primary N) is 1. The molecule has 1 unspecified atom stereocenters. The average molecular weight is 229 g/mol. The van der Waals surface area contributed by atoms with E-state index in [2.05, 4.69) is 10.5 Å². The smallest absolute Gasteiger partial charge is 0.223 e. The molecule has 1 atom stereocenters. The van der Waals surface area contributed by atoms with Crippen molar-refractivity contribution in [3.05, 3.63) is 0 Å². The SMILES string of the molecule is CC(C)C(C)C(=O)NCCCCC(N)=NO. The molecule has 94 valence electrons. The summed E-state index contributed by atoms with van der Waals surface area (Å²) >= 11 is 0. The first-order chi connectivity index (χ1) is 7.49. The van der Waals surface area contributed by atoms with Gasteiger partial charge in [0.25, 0.3) is 0 Å². The van der Waals surface area contributed by atoms with Crippen molar-refractivity contribution in [2.24, 2.45) is 22.7 Å². The molecule has 0 aromatic heterocycles. The Morgan fingerprint density at radius 2 is 2.00 bits per heavy atom. The summed E-state index contributed by atoms with van der Waals surface area (Å²) in [5, 5.41) is 14.1. The number of amidine groups is 1. The molecule has 0 aromatic carbocycles. The Kier molecular flexibility index (Phi) is 7.33. The van der Waals surface area contributed by atoms with Gasteiger partial charge in [0.15, 0.2) is 0 Å². The first-order valence-corrected chi connectivity index (χ1v) is 5.73. The summed E-state index contributed by atoms with van der Waals surface area (Å²) in [5.41, 5.74) is 5.32. The number of hydrogen-bond donors (Lipinski definition) is 3. The third-order valence-electron chi connectivity index (χ3n) is 2.70. The Morgan fingerprint density at radius 1 is 1.38 bits per heavy atom. The van der Waals surface area contributed by atoms with Gasteiger partial charge in [0.1, 0.15) is 5.84 Å². The van der Waals surface area contributed by atoms with Crippen LogP contribution >= 0.6 is 0 Å². The molecule has 0 fully saturated rings. The fourth-order valence-electron chi connectivity index (χ4n) is 1.16. The lowest BCUT2D eigenvalue weighted by atomic mass is 9.97. The molecule has 0 saturated carbocycles. The largest absolute Gasteiger partial charge is 0.409 e. The molecule has 1 amide bonds. The van der Waals surface area contributed by atoms with Gasteiger partial charge in [0, 0.05) is 18.9 Å². The first-order valence-electron chi connectivity index (χ1n) is 5.73. The highest BCUT2D eigenvalue weighted by atomic mass is 16.4. The number of nitrogens with zero attached hydrogens (tertiary/aromatic N) is 1. The van der Waals surface area contributed by atoms with Crippen molar-refractivity contribution < 1.29 is 10.0 Å². The highest BCUT2D eigenvalue weighted by Crippen LogP contribution is 2.09. The van der Waals surface area contributed by atoms with Gasteiger partial charge in [-0.25, -0.2) is 0 Å². The van der Waals surface area contributed by atoms with Crippen molar-refractivity contribution in [1.82, 2.24) is 5.32 Å². The zero-order valence-corrected chi connectivity index (χ0v) is 10.4. The van der Waals surface area contributed by atoms with Crippen molar-refractivity contribution in [3.8, 4) is 0 Å². The quantitative estimate of drug-likeness (QED) is 0.202. The van der Waals surface area contributed by atoms with Crippen LogP contribution in [0.1, 0.15) is 40.0 Å². The van der Waals surface area contributed by atoms with E-state index < -0.39 is 0 Å². The molecule has 5 heteroatoms. The maximum absolute atomic E-state index is 11.5. The fourth-order valence-corrected chi connectivity index (χ4v) is 1.16. The van der Waals surface area contributed by atoms with Crippen LogP contribution < -0.4 is 11.1 Å². The number of nitrogens with one attached hydrogen (secondary N) is 1. The van der Waals surface area contributed by atoms with Crippen LogP contribution in [-0.2, 0) is 4.79 Å². The molecule has 0 aliphatic rings. The van der Waals surface area contributed by atoms with Crippen LogP contribution in [0.2, 0.25) is 0 Å². The summed E-state index contributed by atoms with van der Waals surface area (Å²) in [6.07, 6.45) is 2.21. The maximum atomic E-state index is 11.5. The van der Waals surface area contributed by atoms with Crippen LogP contribution in [0.3, 0.4) is 0 Å². The van der Waals surface area contributed by atoms with Crippen molar-refractivity contribution in [3.63, 3.8) is 0 Å². The van der Waals surface area contributed by atoms with Gasteiger partial charge in [-0.05, 0) is 18.8 Å². The molecule has 0 saturated heterocycles. The van der Waals surface area contributed by atoms with Gasteiger partial charge in [0.05, 0.1) is 0 Å². The second kappa shape index (κ2) is 7.96. The summed E-state index contributed by atoms with van der Waals surface area (Å²) in [4.78, 5) is 11.5. The topological polar surface area (TPSA) is 87.7 Å². The number of amides is 1. The second-order valence-corrected chi connectivity index (χ2v) is 4.37. The van der Waals surface area contributed by atoms with Crippen molar-refractivity contribution >= 4 is 11.7 Å². The third kappa shape index (κ3) is 6.27. The fraction of sp³-hybridized carbons (Fsp3) is 0.818. The number of rotatable bonds is 7. The third-order valence-corrected chi connectivity index (χ3v) is 2.70. The highest BCUT2D eigenvalue weighted by Gasteiger charge is 2.15. The minimum absolute atomic E-state index is 0.0454. The number of carbonyl (C=O) groups is 1. The van der Waals surface area contributed by atoms with E-state index in [9.17, 15) is 4.79 Å². The Labute approximate surface area is 97.1 Å². The molecule has 5 nitrogen and oxygen atoms in total. The van der Waals surface area contributed by atoms with E-state index in [1.165, 1.54) is 0 Å². The summed E-state index contributed by atoms with van der Waals surface area (Å²) < 4.78 is 0. The predicted octanol–water partition coefficient (Wildman–Crippen LogP) is 1.31. The van der Waals surface area contributed by atoms with Crippen molar-refractivity contribution in [2.45, 2.75) is 40.0 Å². The summed E-state index contributed by atoms with van der Waals surface area (Å²) in [6.45, 7) is 6.64. The number of hydrogen-bond acceptors (Lipinski definition) is 3. The first kappa shape index (κ1) is 14.7. The van der Waals surface area contributed by atoms with E-state index in [0.717, 1.165) is 12.8 Å². The molecule has 0 rings (SSSR count). The monoisotopic (exact) mass is 229 g/mol. The number of unbranched alkanes of at least 4 members (excludes halogenated alkanes) is 1. The molecule has 0 heterocycles. The Hall–Kier alpha value is -1.26. The average Bonchev–Trinajstić information content (AvgIpc) is 2.26. The zero-order valence-electron chi connectivity index (χ0n) is 10.4. The summed E-state index contributed by atoms with van der Waals surface area (Å²) in [6, 6.07) is 0. The van der Waals surface area contributed by atoms with Gasteiger partial charge >= 0.3 is 0 Å². The molecule has 0 aromatic rings. The van der Waals surface area contributed by atoms with E-state index in [1.54, 1.807) is 0 Å². The van der Waals surface area contributed by atoms with Gasteiger partial charge in [-0.2, -0.15) is 0 Å². The lowest BCUT2D eigenvalue weighted by molar-refractivity contribution is -0.125. The molecular weight excluding hydrogens is 206 g/mol. The summed E-state index contributed by atoms with van der Waals surface area (Å²) in [7, 11) is 0. The van der Waals surface area contributed by atoms with Crippen LogP contribution in [0.25, 0.3) is 0 Å². The normalized spacial score (nSPS) is 13.9. The van der Waals surface area contributed by atoms with Crippen LogP contribution in [0.5, 0.6) is 0 Å². The Morgan fingerprint density at radius 3 is 2.50 bits per heavy atom. The zero-order chi connectivity index (χ0) is 12.6. The van der Waals surface area contributed by atoms with Gasteiger partial charge < -0.3 is 16.3 Å². The van der Waals surface area contributed by atoms with E-state index >= 15 is 0 Å². The number of carbonyl (C=O) groups excluding carboxylic acids is 1. The molecule has 16 heavy (non-hydrogen) atoms. The number of oxime groups is 1. The van der Waals surface area contributed by atoms with Gasteiger partial charge in [-0.3, -0.25) is 4.79 Å². The highest BCUT2D eigenvalue weighted by molar-refractivity contribution is 5.79. The molecule has 0 aliphatic heterocycles. The van der Waals surface area contributed by atoms with Crippen molar-refractivity contribution in [2.75, 3.05) is 6.54 Å². The van der Waals surface area contributed by atoms with Gasteiger partial charge in [-0.1, -0.05) is 25.9 Å². The lowest BCUT2D eigenvalue weighted by Crippen LogP contribution is -2.32.